The molecule has 0 saturated heterocycles. The third-order valence-corrected chi connectivity index (χ3v) is 6.87. The summed E-state index contributed by atoms with van der Waals surface area (Å²) in [6.45, 7) is 7.54. The van der Waals surface area contributed by atoms with Crippen LogP contribution < -0.4 is 21.3 Å². The number of ether oxygens (including phenoxy) is 1. The van der Waals surface area contributed by atoms with Gasteiger partial charge < -0.3 is 31.1 Å². The van der Waals surface area contributed by atoms with Crippen molar-refractivity contribution in [2.75, 3.05) is 12.3 Å². The van der Waals surface area contributed by atoms with E-state index in [4.69, 9.17) is 9.84 Å². The van der Waals surface area contributed by atoms with Gasteiger partial charge in [-0.1, -0.05) is 70.2 Å². The average molecular weight is 615 g/mol. The lowest BCUT2D eigenvalue weighted by atomic mass is 10.00. The number of thiol groups is 1. The molecular formula is C31H42N4O7S. The number of rotatable bonds is 16. The largest absolute Gasteiger partial charge is 0.478 e. The third-order valence-electron chi connectivity index (χ3n) is 6.50. The molecule has 0 fully saturated rings. The van der Waals surface area contributed by atoms with Gasteiger partial charge in [0.25, 0.3) is 0 Å². The smallest absolute Gasteiger partial charge is 0.408 e. The molecule has 2 rings (SSSR count). The zero-order valence-electron chi connectivity index (χ0n) is 25.0. The predicted molar refractivity (Wildman–Crippen MR) is 166 cm³/mol. The lowest BCUT2D eigenvalue weighted by Crippen LogP contribution is -2.58. The molecule has 2 aromatic rings. The van der Waals surface area contributed by atoms with Crippen molar-refractivity contribution >= 4 is 42.4 Å². The van der Waals surface area contributed by atoms with Gasteiger partial charge in [0.1, 0.15) is 24.7 Å². The van der Waals surface area contributed by atoms with Gasteiger partial charge in [0.2, 0.25) is 17.7 Å². The molecule has 234 valence electrons. The first kappa shape index (κ1) is 35.1. The van der Waals surface area contributed by atoms with Crippen LogP contribution in [0, 0.1) is 11.8 Å². The van der Waals surface area contributed by atoms with Gasteiger partial charge in [-0.15, -0.1) is 0 Å². The van der Waals surface area contributed by atoms with E-state index in [1.807, 2.05) is 44.2 Å². The minimum absolute atomic E-state index is 0.0353. The quantitative estimate of drug-likeness (QED) is 0.158. The molecule has 11 nitrogen and oxygen atoms in total. The molecule has 0 aliphatic rings. The zero-order chi connectivity index (χ0) is 31.9. The highest BCUT2D eigenvalue weighted by atomic mass is 32.1. The van der Waals surface area contributed by atoms with Crippen molar-refractivity contribution < 1.29 is 33.8 Å². The molecule has 0 spiro atoms. The van der Waals surface area contributed by atoms with Crippen LogP contribution >= 0.6 is 12.6 Å². The maximum absolute atomic E-state index is 13.2. The lowest BCUT2D eigenvalue weighted by molar-refractivity contribution is -0.133. The van der Waals surface area contributed by atoms with Gasteiger partial charge in [0.05, 0.1) is 5.56 Å². The summed E-state index contributed by atoms with van der Waals surface area (Å²) in [5, 5.41) is 19.8. The zero-order valence-corrected chi connectivity index (χ0v) is 25.9. The highest BCUT2D eigenvalue weighted by molar-refractivity contribution is 7.80. The Morgan fingerprint density at radius 2 is 1.42 bits per heavy atom. The molecule has 0 radical (unpaired) electrons. The van der Waals surface area contributed by atoms with Gasteiger partial charge in [-0.3, -0.25) is 14.4 Å². The first-order chi connectivity index (χ1) is 20.4. The van der Waals surface area contributed by atoms with Crippen LogP contribution in [0.1, 0.15) is 55.6 Å². The molecule has 4 amide bonds. The first-order valence-corrected chi connectivity index (χ1v) is 14.8. The van der Waals surface area contributed by atoms with Gasteiger partial charge in [0, 0.05) is 12.3 Å². The third kappa shape index (κ3) is 12.4. The van der Waals surface area contributed by atoms with E-state index in [-0.39, 0.29) is 35.7 Å². The summed E-state index contributed by atoms with van der Waals surface area (Å²) in [4.78, 5) is 62.7. The molecule has 2 aromatic carbocycles. The number of nitrogens with one attached hydrogen (secondary N) is 4. The molecule has 0 unspecified atom stereocenters. The van der Waals surface area contributed by atoms with Crippen molar-refractivity contribution in [3.05, 3.63) is 71.3 Å². The number of carbonyl (C=O) groups is 5. The summed E-state index contributed by atoms with van der Waals surface area (Å²) < 4.78 is 5.22. The first-order valence-electron chi connectivity index (χ1n) is 14.2. The van der Waals surface area contributed by atoms with Gasteiger partial charge in [-0.05, 0) is 47.9 Å². The van der Waals surface area contributed by atoms with Crippen molar-refractivity contribution in [2.45, 2.75) is 65.3 Å². The minimum atomic E-state index is -1.07. The fraction of sp³-hybridized carbons (Fsp3) is 0.452. The number of aromatic carboxylic acids is 1. The summed E-state index contributed by atoms with van der Waals surface area (Å²) in [5.41, 5.74) is 1.75. The summed E-state index contributed by atoms with van der Waals surface area (Å²) in [7, 11) is 0. The topological polar surface area (TPSA) is 163 Å². The number of hydrogen-bond donors (Lipinski definition) is 6. The number of carboxylic acid groups (broad SMARTS) is 1. The molecule has 0 heterocycles. The second kappa shape index (κ2) is 17.8. The maximum Gasteiger partial charge on any atom is 0.408 e. The van der Waals surface area contributed by atoms with E-state index in [2.05, 4.69) is 33.9 Å². The van der Waals surface area contributed by atoms with E-state index in [1.165, 1.54) is 24.3 Å². The van der Waals surface area contributed by atoms with Crippen LogP contribution in [0.15, 0.2) is 54.6 Å². The summed E-state index contributed by atoms with van der Waals surface area (Å²) >= 11 is 4.24. The van der Waals surface area contributed by atoms with E-state index in [0.717, 1.165) is 5.56 Å². The van der Waals surface area contributed by atoms with Crippen molar-refractivity contribution in [3.63, 3.8) is 0 Å². The average Bonchev–Trinajstić information content (AvgIpc) is 2.97. The Bertz CT molecular complexity index is 1220. The van der Waals surface area contributed by atoms with E-state index < -0.39 is 42.0 Å². The summed E-state index contributed by atoms with van der Waals surface area (Å²) in [5.74, 6) is -2.80. The number of carbonyl (C=O) groups excluding carboxylic acids is 4. The van der Waals surface area contributed by atoms with Crippen LogP contribution in [0.3, 0.4) is 0 Å². The standard InChI is InChI=1S/C31H42N4O7S/c1-19(2)16-24(28(37)34-25(18-43)27(36)32-15-14-21-8-6-5-7-9-21)33-29(38)26(20(3)4)35-31(41)42-17-22-10-12-23(13-11-22)30(39)40/h5-13,19-20,24-26,43H,14-18H2,1-4H3,(H,32,36)(H,33,38)(H,34,37)(H,35,41)(H,39,40)/t24-,25-,26-/m0/s1. The molecule has 0 aliphatic carbocycles. The maximum atomic E-state index is 13.2. The Hall–Kier alpha value is -4.06. The molecule has 5 N–H and O–H groups in total. The van der Waals surface area contributed by atoms with Crippen LogP contribution in [0.5, 0.6) is 0 Å². The Morgan fingerprint density at radius 3 is 1.98 bits per heavy atom. The van der Waals surface area contributed by atoms with E-state index in [0.29, 0.717) is 24.9 Å². The lowest BCUT2D eigenvalue weighted by Gasteiger charge is -2.27. The van der Waals surface area contributed by atoms with Crippen LogP contribution in [0.2, 0.25) is 0 Å². The molecule has 0 aromatic heterocycles. The monoisotopic (exact) mass is 614 g/mol. The van der Waals surface area contributed by atoms with Crippen molar-refractivity contribution in [3.8, 4) is 0 Å². The van der Waals surface area contributed by atoms with Crippen LogP contribution in [0.25, 0.3) is 0 Å². The van der Waals surface area contributed by atoms with Gasteiger partial charge in [0.15, 0.2) is 0 Å². The van der Waals surface area contributed by atoms with Crippen molar-refractivity contribution in [1.82, 2.24) is 21.3 Å². The molecule has 0 aliphatic heterocycles. The van der Waals surface area contributed by atoms with Gasteiger partial charge in [-0.25, -0.2) is 9.59 Å². The highest BCUT2D eigenvalue weighted by Gasteiger charge is 2.31. The number of hydrogen-bond acceptors (Lipinski definition) is 7. The fourth-order valence-electron chi connectivity index (χ4n) is 4.12. The Kier molecular flexibility index (Phi) is 14.5. The number of benzene rings is 2. The Balaban J connectivity index is 1.97. The summed E-state index contributed by atoms with van der Waals surface area (Å²) in [6.07, 6.45) is 0.0894. The van der Waals surface area contributed by atoms with E-state index in [9.17, 15) is 24.0 Å². The molecule has 3 atom stereocenters. The fourth-order valence-corrected chi connectivity index (χ4v) is 4.38. The summed E-state index contributed by atoms with van der Waals surface area (Å²) in [6, 6.07) is 12.7. The van der Waals surface area contributed by atoms with E-state index >= 15 is 0 Å². The predicted octanol–water partition coefficient (Wildman–Crippen LogP) is 2.94. The highest BCUT2D eigenvalue weighted by Crippen LogP contribution is 2.10. The van der Waals surface area contributed by atoms with Gasteiger partial charge in [-0.2, -0.15) is 12.6 Å². The molecule has 43 heavy (non-hydrogen) atoms. The molecule has 0 bridgehead atoms. The van der Waals surface area contributed by atoms with Crippen LogP contribution in [0.4, 0.5) is 4.79 Å². The van der Waals surface area contributed by atoms with Crippen molar-refractivity contribution in [1.29, 1.82) is 0 Å². The van der Waals surface area contributed by atoms with E-state index in [1.54, 1.807) is 13.8 Å². The second-order valence-electron chi connectivity index (χ2n) is 10.9. The van der Waals surface area contributed by atoms with Crippen LogP contribution in [-0.2, 0) is 32.1 Å². The Morgan fingerprint density at radius 1 is 0.791 bits per heavy atom. The normalized spacial score (nSPS) is 13.0. The minimum Gasteiger partial charge on any atom is -0.478 e. The number of alkyl carbamates (subject to hydrolysis) is 1. The molecule has 12 heteroatoms. The second-order valence-corrected chi connectivity index (χ2v) is 11.3. The SMILES string of the molecule is CC(C)C[C@H](NC(=O)[C@@H](NC(=O)OCc1ccc(C(=O)O)cc1)C(C)C)C(=O)N[C@@H](CS)C(=O)NCCc1ccccc1. The number of carboxylic acids is 1. The Labute approximate surface area is 257 Å². The van der Waals surface area contributed by atoms with Crippen molar-refractivity contribution in [2.24, 2.45) is 11.8 Å². The van der Waals surface area contributed by atoms with Gasteiger partial charge >= 0.3 is 12.1 Å². The van der Waals surface area contributed by atoms with Crippen LogP contribution in [-0.4, -0.2) is 65.3 Å². The molecular weight excluding hydrogens is 572 g/mol. The molecule has 0 saturated carbocycles. The number of amides is 4.